The lowest BCUT2D eigenvalue weighted by molar-refractivity contribution is 0.0696. The van der Waals surface area contributed by atoms with Gasteiger partial charge in [-0.3, -0.25) is 4.79 Å². The minimum absolute atomic E-state index is 0.194. The fourth-order valence-corrected chi connectivity index (χ4v) is 6.97. The molecule has 0 fully saturated rings. The Hall–Kier alpha value is -3.78. The molecular formula is C34H29I2N3O5. The molecule has 4 aromatic carbocycles. The van der Waals surface area contributed by atoms with Gasteiger partial charge in [0.15, 0.2) is 5.82 Å². The maximum atomic E-state index is 13.8. The largest absolute Gasteiger partial charge is 0.496 e. The van der Waals surface area contributed by atoms with Crippen LogP contribution in [0.3, 0.4) is 0 Å². The number of aryl methyl sites for hydroxylation is 1. The first-order valence-corrected chi connectivity index (χ1v) is 15.9. The predicted octanol–water partition coefficient (Wildman–Crippen LogP) is 7.87. The molecule has 0 aliphatic rings. The highest BCUT2D eigenvalue weighted by atomic mass is 127. The molecule has 1 heterocycles. The number of carboxylic acid groups (broad SMARTS) is 1. The van der Waals surface area contributed by atoms with E-state index in [1.54, 1.807) is 37.6 Å². The number of ether oxygens (including phenoxy) is 2. The second kappa shape index (κ2) is 13.5. The molecule has 5 rings (SSSR count). The summed E-state index contributed by atoms with van der Waals surface area (Å²) < 4.78 is 14.8. The molecule has 0 spiro atoms. The lowest BCUT2D eigenvalue weighted by Crippen LogP contribution is -2.21. The third-order valence-electron chi connectivity index (χ3n) is 7.09. The number of carboxylic acids is 1. The lowest BCUT2D eigenvalue weighted by atomic mass is 9.96. The number of halogens is 2. The van der Waals surface area contributed by atoms with Gasteiger partial charge in [-0.15, -0.1) is 0 Å². The van der Waals surface area contributed by atoms with Crippen molar-refractivity contribution in [1.29, 1.82) is 0 Å². The summed E-state index contributed by atoms with van der Waals surface area (Å²) in [6.45, 7) is 6.39. The highest BCUT2D eigenvalue weighted by molar-refractivity contribution is 14.1. The Morgan fingerprint density at radius 3 is 2.45 bits per heavy atom. The fraction of sp³-hybridized carbons (Fsp3) is 0.176. The molecule has 0 aliphatic carbocycles. The second-order valence-electron chi connectivity index (χ2n) is 10.5. The predicted molar refractivity (Wildman–Crippen MR) is 189 cm³/mol. The number of methoxy groups -OCH3 is 1. The van der Waals surface area contributed by atoms with Gasteiger partial charge in [0.1, 0.15) is 18.1 Å². The van der Waals surface area contributed by atoms with Crippen LogP contribution in [0.4, 0.5) is 0 Å². The molecule has 224 valence electrons. The molecule has 0 radical (unpaired) electrons. The zero-order valence-corrected chi connectivity index (χ0v) is 28.8. The highest BCUT2D eigenvalue weighted by Gasteiger charge is 2.18. The topological polar surface area (TPSA) is 103 Å². The van der Waals surface area contributed by atoms with Crippen LogP contribution in [-0.4, -0.2) is 34.1 Å². The van der Waals surface area contributed by atoms with Crippen molar-refractivity contribution in [3.8, 4) is 22.9 Å². The van der Waals surface area contributed by atoms with E-state index in [1.807, 2.05) is 55.5 Å². The van der Waals surface area contributed by atoms with E-state index in [1.165, 1.54) is 4.68 Å². The van der Waals surface area contributed by atoms with Crippen LogP contribution in [0.15, 0.2) is 82.7 Å². The minimum atomic E-state index is -0.981. The summed E-state index contributed by atoms with van der Waals surface area (Å²) >= 11 is 4.41. The molecular weight excluding hydrogens is 784 g/mol. The molecule has 0 aliphatic heterocycles. The summed E-state index contributed by atoms with van der Waals surface area (Å²) in [5, 5.41) is 14.4. The summed E-state index contributed by atoms with van der Waals surface area (Å²) in [6.07, 6.45) is 1.65. The number of carbonyl (C=O) groups is 1. The molecule has 0 unspecified atom stereocenters. The molecule has 0 saturated heterocycles. The van der Waals surface area contributed by atoms with E-state index in [-0.39, 0.29) is 23.6 Å². The molecule has 1 aromatic heterocycles. The van der Waals surface area contributed by atoms with Crippen molar-refractivity contribution >= 4 is 68.3 Å². The average Bonchev–Trinajstić information content (AvgIpc) is 3.00. The average molecular weight is 813 g/mol. The van der Waals surface area contributed by atoms with Crippen molar-refractivity contribution in [2.24, 2.45) is 5.10 Å². The van der Waals surface area contributed by atoms with Crippen molar-refractivity contribution in [3.05, 3.63) is 118 Å². The minimum Gasteiger partial charge on any atom is -0.496 e. The lowest BCUT2D eigenvalue weighted by Gasteiger charge is -2.17. The summed E-state index contributed by atoms with van der Waals surface area (Å²) in [4.78, 5) is 30.0. The molecule has 44 heavy (non-hydrogen) atoms. The van der Waals surface area contributed by atoms with Gasteiger partial charge in [0.25, 0.3) is 5.56 Å². The summed E-state index contributed by atoms with van der Waals surface area (Å²) in [5.74, 6) is 1.13. The molecule has 10 heteroatoms. The van der Waals surface area contributed by atoms with Gasteiger partial charge in [0, 0.05) is 5.56 Å². The number of hydrogen-bond donors (Lipinski definition) is 1. The molecule has 5 aromatic rings. The fourth-order valence-electron chi connectivity index (χ4n) is 4.84. The number of fused-ring (bicyclic) bond motifs is 1. The number of nitrogens with zero attached hydrogens (tertiary/aromatic N) is 3. The van der Waals surface area contributed by atoms with Crippen LogP contribution in [0.1, 0.15) is 52.4 Å². The van der Waals surface area contributed by atoms with Crippen LogP contribution in [0.2, 0.25) is 0 Å². The van der Waals surface area contributed by atoms with Crippen LogP contribution in [0.5, 0.6) is 11.5 Å². The van der Waals surface area contributed by atoms with Crippen molar-refractivity contribution in [2.75, 3.05) is 7.11 Å². The molecule has 1 N–H and O–H groups in total. The second-order valence-corrected chi connectivity index (χ2v) is 12.8. The van der Waals surface area contributed by atoms with E-state index in [0.29, 0.717) is 22.5 Å². The van der Waals surface area contributed by atoms with Crippen LogP contribution in [-0.2, 0) is 6.61 Å². The monoisotopic (exact) mass is 813 g/mol. The first-order chi connectivity index (χ1) is 21.1. The maximum absolute atomic E-state index is 13.8. The van der Waals surface area contributed by atoms with Crippen LogP contribution in [0.25, 0.3) is 22.3 Å². The normalized spacial score (nSPS) is 11.4. The van der Waals surface area contributed by atoms with E-state index >= 15 is 0 Å². The van der Waals surface area contributed by atoms with Gasteiger partial charge in [0.05, 0.1) is 36.9 Å². The number of para-hydroxylation sites is 1. The number of aromatic carboxylic acids is 1. The summed E-state index contributed by atoms with van der Waals surface area (Å²) in [7, 11) is 1.66. The molecule has 0 atom stereocenters. The molecule has 0 amide bonds. The van der Waals surface area contributed by atoms with E-state index in [4.69, 9.17) is 14.5 Å². The van der Waals surface area contributed by atoms with Gasteiger partial charge in [-0.25, -0.2) is 9.78 Å². The number of rotatable bonds is 9. The third-order valence-corrected chi connectivity index (χ3v) is 8.70. The Morgan fingerprint density at radius 1 is 1.05 bits per heavy atom. The van der Waals surface area contributed by atoms with Gasteiger partial charge in [-0.2, -0.15) is 9.78 Å². The van der Waals surface area contributed by atoms with Gasteiger partial charge in [-0.05, 0) is 129 Å². The Balaban J connectivity index is 1.54. The molecule has 8 nitrogen and oxygen atoms in total. The van der Waals surface area contributed by atoms with Crippen molar-refractivity contribution in [1.82, 2.24) is 9.66 Å². The highest BCUT2D eigenvalue weighted by Crippen LogP contribution is 2.34. The van der Waals surface area contributed by atoms with Gasteiger partial charge < -0.3 is 14.6 Å². The Labute approximate surface area is 282 Å². The number of aromatic nitrogens is 2. The SMILES string of the molecule is COc1cc(C)c(-c2nc3ccccc3c(=O)n2N=Cc2cc(I)c(OCc3cccc(C(=O)O)c3)c(I)c2)cc1C(C)C. The zero-order valence-electron chi connectivity index (χ0n) is 24.5. The zero-order chi connectivity index (χ0) is 31.5. The van der Waals surface area contributed by atoms with Crippen molar-refractivity contribution < 1.29 is 19.4 Å². The van der Waals surface area contributed by atoms with E-state index < -0.39 is 5.97 Å². The van der Waals surface area contributed by atoms with E-state index in [2.05, 4.69) is 64.1 Å². The standard InChI is InChI=1S/C34H29I2N3O5/c1-19(2)25-16-26(20(3)12-30(25)43-4)32-38-29-11-6-5-10-24(29)33(40)39(32)37-17-22-14-27(35)31(28(36)15-22)44-18-21-8-7-9-23(13-21)34(41)42/h5-17,19H,18H2,1-4H3,(H,41,42). The number of benzene rings is 4. The molecule has 0 saturated carbocycles. The number of hydrogen-bond acceptors (Lipinski definition) is 6. The van der Waals surface area contributed by atoms with E-state index in [9.17, 15) is 14.7 Å². The van der Waals surface area contributed by atoms with Crippen LogP contribution < -0.4 is 15.0 Å². The Morgan fingerprint density at radius 2 is 1.77 bits per heavy atom. The van der Waals surface area contributed by atoms with Gasteiger partial charge in [0.2, 0.25) is 0 Å². The maximum Gasteiger partial charge on any atom is 0.335 e. The summed E-state index contributed by atoms with van der Waals surface area (Å²) in [6, 6.07) is 21.8. The molecule has 0 bridgehead atoms. The Kier molecular flexibility index (Phi) is 9.68. The summed E-state index contributed by atoms with van der Waals surface area (Å²) in [5.41, 5.74) is 4.80. The smallest absolute Gasteiger partial charge is 0.335 e. The van der Waals surface area contributed by atoms with Gasteiger partial charge >= 0.3 is 5.97 Å². The van der Waals surface area contributed by atoms with Crippen LogP contribution in [0, 0.1) is 14.1 Å². The van der Waals surface area contributed by atoms with Gasteiger partial charge in [-0.1, -0.05) is 38.1 Å². The third kappa shape index (κ3) is 6.65. The van der Waals surface area contributed by atoms with Crippen molar-refractivity contribution in [2.45, 2.75) is 33.3 Å². The quantitative estimate of drug-likeness (QED) is 0.120. The van der Waals surface area contributed by atoms with Crippen LogP contribution >= 0.6 is 45.2 Å². The van der Waals surface area contributed by atoms with E-state index in [0.717, 1.165) is 40.7 Å². The van der Waals surface area contributed by atoms with Crippen molar-refractivity contribution in [3.63, 3.8) is 0 Å². The first kappa shape index (κ1) is 31.6. The Bertz CT molecular complexity index is 1960. The first-order valence-electron chi connectivity index (χ1n) is 13.8.